The summed E-state index contributed by atoms with van der Waals surface area (Å²) in [4.78, 5) is 4.96. The molecule has 0 spiro atoms. The van der Waals surface area contributed by atoms with Crippen molar-refractivity contribution in [3.63, 3.8) is 0 Å². The van der Waals surface area contributed by atoms with E-state index in [-0.39, 0.29) is 35.2 Å². The maximum atomic E-state index is 14.2. The standard InChI is InChI=1S/C22H28FN3O2S.HI/c1-4-24-21(25-14-17-9-10-20(16(2)13-17)29(3,27)28)26-15-22(11-12-22)18-7-5-6-8-19(18)23;/h5-10,13H,4,11-12,14-15H2,1-3H3,(H2,24,25,26);1H. The van der Waals surface area contributed by atoms with Crippen LogP contribution in [0.1, 0.15) is 36.5 Å². The molecule has 8 heteroatoms. The maximum absolute atomic E-state index is 14.2. The molecule has 0 amide bonds. The van der Waals surface area contributed by atoms with E-state index in [9.17, 15) is 12.8 Å². The summed E-state index contributed by atoms with van der Waals surface area (Å²) >= 11 is 0. The van der Waals surface area contributed by atoms with Gasteiger partial charge in [0.05, 0.1) is 11.4 Å². The van der Waals surface area contributed by atoms with Crippen LogP contribution in [-0.2, 0) is 21.8 Å². The van der Waals surface area contributed by atoms with Gasteiger partial charge in [0.1, 0.15) is 5.82 Å². The first-order valence-electron chi connectivity index (χ1n) is 9.82. The summed E-state index contributed by atoms with van der Waals surface area (Å²) in [7, 11) is -3.23. The highest BCUT2D eigenvalue weighted by atomic mass is 127. The molecule has 3 rings (SSSR count). The van der Waals surface area contributed by atoms with Crippen LogP contribution in [0.2, 0.25) is 0 Å². The van der Waals surface area contributed by atoms with E-state index >= 15 is 0 Å². The Morgan fingerprint density at radius 1 is 1.17 bits per heavy atom. The fourth-order valence-electron chi connectivity index (χ4n) is 3.57. The molecule has 2 aromatic rings. The molecule has 1 fully saturated rings. The third-order valence-electron chi connectivity index (χ3n) is 5.30. The number of guanidine groups is 1. The maximum Gasteiger partial charge on any atom is 0.191 e. The van der Waals surface area contributed by atoms with Gasteiger partial charge in [-0.25, -0.2) is 17.8 Å². The SMILES string of the molecule is CCNC(=NCc1ccc(S(C)(=O)=O)c(C)c1)NCC1(c2ccccc2F)CC1.I. The van der Waals surface area contributed by atoms with E-state index in [1.165, 1.54) is 12.3 Å². The van der Waals surface area contributed by atoms with Crippen LogP contribution in [0.25, 0.3) is 0 Å². The Hall–Kier alpha value is -1.68. The smallest absolute Gasteiger partial charge is 0.191 e. The van der Waals surface area contributed by atoms with Crippen molar-refractivity contribution in [3.05, 3.63) is 65.0 Å². The van der Waals surface area contributed by atoms with Gasteiger partial charge in [0, 0.05) is 24.8 Å². The van der Waals surface area contributed by atoms with E-state index in [0.29, 0.717) is 30.5 Å². The van der Waals surface area contributed by atoms with Crippen molar-refractivity contribution in [2.45, 2.75) is 43.5 Å². The van der Waals surface area contributed by atoms with Crippen molar-refractivity contribution >= 4 is 39.8 Å². The number of hydrogen-bond acceptors (Lipinski definition) is 3. The lowest BCUT2D eigenvalue weighted by Gasteiger charge is -2.19. The molecule has 30 heavy (non-hydrogen) atoms. The third-order valence-corrected chi connectivity index (χ3v) is 6.55. The molecule has 1 aliphatic carbocycles. The minimum atomic E-state index is -3.23. The normalized spacial score (nSPS) is 15.3. The van der Waals surface area contributed by atoms with Crippen molar-refractivity contribution in [2.24, 2.45) is 4.99 Å². The summed E-state index contributed by atoms with van der Waals surface area (Å²) in [5, 5.41) is 6.56. The fraction of sp³-hybridized carbons (Fsp3) is 0.409. The Morgan fingerprint density at radius 2 is 1.87 bits per heavy atom. The molecule has 2 N–H and O–H groups in total. The van der Waals surface area contributed by atoms with E-state index in [1.807, 2.05) is 25.1 Å². The first-order chi connectivity index (χ1) is 13.7. The first kappa shape index (κ1) is 24.6. The van der Waals surface area contributed by atoms with Gasteiger partial charge in [-0.3, -0.25) is 0 Å². The van der Waals surface area contributed by atoms with Crippen LogP contribution in [0.5, 0.6) is 0 Å². The van der Waals surface area contributed by atoms with Gasteiger partial charge in [-0.15, -0.1) is 24.0 Å². The molecule has 1 aliphatic rings. The fourth-order valence-corrected chi connectivity index (χ4v) is 4.53. The first-order valence-corrected chi connectivity index (χ1v) is 11.7. The minimum absolute atomic E-state index is 0. The third kappa shape index (κ3) is 5.94. The lowest BCUT2D eigenvalue weighted by Crippen LogP contribution is -2.41. The van der Waals surface area contributed by atoms with Crippen LogP contribution in [0.15, 0.2) is 52.4 Å². The Labute approximate surface area is 195 Å². The molecule has 0 bridgehead atoms. The molecular weight excluding hydrogens is 516 g/mol. The molecule has 1 saturated carbocycles. The molecular formula is C22H29FIN3O2S. The summed E-state index contributed by atoms with van der Waals surface area (Å²) in [5.74, 6) is 0.509. The highest BCUT2D eigenvalue weighted by molar-refractivity contribution is 14.0. The quantitative estimate of drug-likeness (QED) is 0.314. The molecule has 2 aromatic carbocycles. The van der Waals surface area contributed by atoms with Gasteiger partial charge in [-0.2, -0.15) is 0 Å². The number of aryl methyl sites for hydroxylation is 1. The van der Waals surface area contributed by atoms with E-state index in [0.717, 1.165) is 29.5 Å². The second-order valence-electron chi connectivity index (χ2n) is 7.68. The number of rotatable bonds is 7. The van der Waals surface area contributed by atoms with Crippen LogP contribution in [0.3, 0.4) is 0 Å². The molecule has 0 atom stereocenters. The van der Waals surface area contributed by atoms with E-state index in [2.05, 4.69) is 15.6 Å². The van der Waals surface area contributed by atoms with Crippen molar-refractivity contribution in [1.29, 1.82) is 0 Å². The van der Waals surface area contributed by atoms with Crippen LogP contribution in [0, 0.1) is 12.7 Å². The molecule has 0 radical (unpaired) electrons. The molecule has 164 valence electrons. The van der Waals surface area contributed by atoms with Gasteiger partial charge in [0.15, 0.2) is 15.8 Å². The summed E-state index contributed by atoms with van der Waals surface area (Å²) in [6.07, 6.45) is 3.11. The van der Waals surface area contributed by atoms with Gasteiger partial charge >= 0.3 is 0 Å². The van der Waals surface area contributed by atoms with Crippen LogP contribution in [0.4, 0.5) is 4.39 Å². The second kappa shape index (κ2) is 10.1. The highest BCUT2D eigenvalue weighted by Crippen LogP contribution is 2.48. The van der Waals surface area contributed by atoms with Crippen molar-refractivity contribution in [1.82, 2.24) is 10.6 Å². The number of hydrogen-bond donors (Lipinski definition) is 2. The number of halogens is 2. The minimum Gasteiger partial charge on any atom is -0.357 e. The van der Waals surface area contributed by atoms with Gasteiger partial charge in [0.25, 0.3) is 0 Å². The van der Waals surface area contributed by atoms with E-state index in [4.69, 9.17) is 0 Å². The predicted octanol–water partition coefficient (Wildman–Crippen LogP) is 3.94. The Morgan fingerprint density at radius 3 is 2.43 bits per heavy atom. The highest BCUT2D eigenvalue weighted by Gasteiger charge is 2.45. The zero-order valence-corrected chi connectivity index (χ0v) is 20.7. The second-order valence-corrected chi connectivity index (χ2v) is 9.67. The van der Waals surface area contributed by atoms with Crippen molar-refractivity contribution in [3.8, 4) is 0 Å². The Kier molecular flexibility index (Phi) is 8.27. The molecule has 0 aromatic heterocycles. The van der Waals surface area contributed by atoms with Crippen LogP contribution >= 0.6 is 24.0 Å². The molecule has 0 unspecified atom stereocenters. The van der Waals surface area contributed by atoms with Gasteiger partial charge in [-0.05, 0) is 55.5 Å². The Bertz CT molecular complexity index is 1020. The monoisotopic (exact) mass is 545 g/mol. The summed E-state index contributed by atoms with van der Waals surface area (Å²) in [6.45, 7) is 5.54. The largest absolute Gasteiger partial charge is 0.357 e. The number of nitrogens with one attached hydrogen (secondary N) is 2. The molecule has 5 nitrogen and oxygen atoms in total. The zero-order chi connectivity index (χ0) is 21.1. The molecule has 0 saturated heterocycles. The predicted molar refractivity (Wildman–Crippen MR) is 130 cm³/mol. The number of aliphatic imine (C=N–C) groups is 1. The molecule has 0 heterocycles. The summed E-state index contributed by atoms with van der Waals surface area (Å²) in [5.41, 5.74) is 2.24. The zero-order valence-electron chi connectivity index (χ0n) is 17.5. The number of nitrogens with zero attached hydrogens (tertiary/aromatic N) is 1. The van der Waals surface area contributed by atoms with Gasteiger partial charge in [0.2, 0.25) is 0 Å². The van der Waals surface area contributed by atoms with E-state index < -0.39 is 9.84 Å². The summed E-state index contributed by atoms with van der Waals surface area (Å²) < 4.78 is 37.7. The average Bonchev–Trinajstić information content (AvgIpc) is 3.44. The van der Waals surface area contributed by atoms with Gasteiger partial charge < -0.3 is 10.6 Å². The number of benzene rings is 2. The lowest BCUT2D eigenvalue weighted by molar-refractivity contribution is 0.559. The number of sulfone groups is 1. The van der Waals surface area contributed by atoms with E-state index in [1.54, 1.807) is 25.1 Å². The average molecular weight is 545 g/mol. The molecule has 0 aliphatic heterocycles. The lowest BCUT2D eigenvalue weighted by atomic mass is 9.95. The van der Waals surface area contributed by atoms with Crippen LogP contribution in [-0.4, -0.2) is 33.7 Å². The Balaban J connectivity index is 0.00000320. The summed E-state index contributed by atoms with van der Waals surface area (Å²) in [6, 6.07) is 12.2. The van der Waals surface area contributed by atoms with Crippen molar-refractivity contribution in [2.75, 3.05) is 19.3 Å². The van der Waals surface area contributed by atoms with Gasteiger partial charge in [-0.1, -0.05) is 30.3 Å². The van der Waals surface area contributed by atoms with Crippen LogP contribution < -0.4 is 10.6 Å². The topological polar surface area (TPSA) is 70.6 Å². The van der Waals surface area contributed by atoms with Crippen molar-refractivity contribution < 1.29 is 12.8 Å².